The summed E-state index contributed by atoms with van der Waals surface area (Å²) in [7, 11) is 0. The summed E-state index contributed by atoms with van der Waals surface area (Å²) in [5, 5.41) is 0. The largest absolute Gasteiger partial charge is 0.289 e. The molecular weight excluding hydrogens is 308 g/mol. The molecule has 0 saturated heterocycles. The summed E-state index contributed by atoms with van der Waals surface area (Å²) in [5.41, 5.74) is 1.38. The number of ketones is 1. The number of thiol groups is 1. The molecule has 22 heavy (non-hydrogen) atoms. The minimum atomic E-state index is 0.0320. The lowest BCUT2D eigenvalue weighted by Crippen LogP contribution is -2.00. The molecule has 0 fully saturated rings. The lowest BCUT2D eigenvalue weighted by Gasteiger charge is -2.04. The van der Waals surface area contributed by atoms with Gasteiger partial charge in [-0.15, -0.1) is 12.6 Å². The average molecular weight is 322 g/mol. The summed E-state index contributed by atoms with van der Waals surface area (Å²) in [5.74, 6) is 0.0320. The Morgan fingerprint density at radius 1 is 0.682 bits per heavy atom. The first-order chi connectivity index (χ1) is 10.7. The van der Waals surface area contributed by atoms with Crippen molar-refractivity contribution in [2.45, 2.75) is 14.7 Å². The Morgan fingerprint density at radius 3 is 1.77 bits per heavy atom. The van der Waals surface area contributed by atoms with E-state index in [1.165, 1.54) is 4.90 Å². The van der Waals surface area contributed by atoms with Gasteiger partial charge in [-0.05, 0) is 60.7 Å². The molecule has 3 aromatic rings. The van der Waals surface area contributed by atoms with Crippen molar-refractivity contribution in [3.8, 4) is 0 Å². The molecule has 108 valence electrons. The van der Waals surface area contributed by atoms with Gasteiger partial charge in [-0.3, -0.25) is 4.79 Å². The van der Waals surface area contributed by atoms with Crippen molar-refractivity contribution in [1.29, 1.82) is 0 Å². The van der Waals surface area contributed by atoms with Crippen molar-refractivity contribution in [2.75, 3.05) is 0 Å². The second-order valence-electron chi connectivity index (χ2n) is 4.82. The van der Waals surface area contributed by atoms with Gasteiger partial charge >= 0.3 is 0 Å². The van der Waals surface area contributed by atoms with Crippen LogP contribution in [0.15, 0.2) is 93.5 Å². The van der Waals surface area contributed by atoms with Crippen molar-refractivity contribution in [2.24, 2.45) is 0 Å². The quantitative estimate of drug-likeness (QED) is 0.514. The number of carbonyl (C=O) groups excluding carboxylic acids is 1. The molecule has 0 N–H and O–H groups in total. The van der Waals surface area contributed by atoms with E-state index in [-0.39, 0.29) is 5.78 Å². The molecule has 0 radical (unpaired) electrons. The van der Waals surface area contributed by atoms with Gasteiger partial charge in [0.1, 0.15) is 0 Å². The van der Waals surface area contributed by atoms with Crippen LogP contribution in [0.3, 0.4) is 0 Å². The molecule has 0 atom stereocenters. The Morgan fingerprint density at radius 2 is 1.18 bits per heavy atom. The molecule has 0 spiro atoms. The Kier molecular flexibility index (Phi) is 4.66. The summed E-state index contributed by atoms with van der Waals surface area (Å²) in [4.78, 5) is 15.6. The monoisotopic (exact) mass is 322 g/mol. The van der Waals surface area contributed by atoms with Crippen molar-refractivity contribution >= 4 is 30.2 Å². The van der Waals surface area contributed by atoms with Crippen molar-refractivity contribution < 1.29 is 4.79 Å². The van der Waals surface area contributed by atoms with E-state index in [9.17, 15) is 4.79 Å². The molecule has 0 saturated carbocycles. The maximum absolute atomic E-state index is 12.4. The first-order valence-corrected chi connectivity index (χ1v) is 8.15. The first kappa shape index (κ1) is 14.9. The van der Waals surface area contributed by atoms with Crippen LogP contribution >= 0.6 is 24.4 Å². The SMILES string of the molecule is O=C(c1ccc(S)cc1)c1ccc(Sc2ccccc2)cc1. The first-order valence-electron chi connectivity index (χ1n) is 6.89. The Bertz CT molecular complexity index is 763. The Balaban J connectivity index is 1.76. The topological polar surface area (TPSA) is 17.1 Å². The van der Waals surface area contributed by atoms with Crippen LogP contribution in [0.25, 0.3) is 0 Å². The van der Waals surface area contributed by atoms with Gasteiger partial charge in [0.15, 0.2) is 5.78 Å². The number of hydrogen-bond donors (Lipinski definition) is 1. The van der Waals surface area contributed by atoms with Crippen LogP contribution in [-0.2, 0) is 0 Å². The summed E-state index contributed by atoms with van der Waals surface area (Å²) < 4.78 is 0. The standard InChI is InChI=1S/C19H14OS2/c20-19(14-6-10-16(21)11-7-14)15-8-12-18(13-9-15)22-17-4-2-1-3-5-17/h1-13,21H. The lowest BCUT2D eigenvalue weighted by atomic mass is 10.0. The molecule has 1 nitrogen and oxygen atoms in total. The van der Waals surface area contributed by atoms with Crippen LogP contribution in [0, 0.1) is 0 Å². The highest BCUT2D eigenvalue weighted by molar-refractivity contribution is 7.99. The summed E-state index contributed by atoms with van der Waals surface area (Å²) >= 11 is 5.92. The Hall–Kier alpha value is -1.97. The normalized spacial score (nSPS) is 10.4. The van der Waals surface area contributed by atoms with Gasteiger partial charge in [-0.1, -0.05) is 30.0 Å². The van der Waals surface area contributed by atoms with Crippen LogP contribution in [0.5, 0.6) is 0 Å². The predicted molar refractivity (Wildman–Crippen MR) is 94.1 cm³/mol. The molecule has 3 heteroatoms. The van der Waals surface area contributed by atoms with Gasteiger partial charge in [0.25, 0.3) is 0 Å². The third-order valence-electron chi connectivity index (χ3n) is 3.22. The highest BCUT2D eigenvalue weighted by Crippen LogP contribution is 2.27. The van der Waals surface area contributed by atoms with Gasteiger partial charge in [0.05, 0.1) is 0 Å². The van der Waals surface area contributed by atoms with Gasteiger partial charge in [-0.2, -0.15) is 0 Å². The maximum atomic E-state index is 12.4. The molecule has 0 aliphatic rings. The van der Waals surface area contributed by atoms with E-state index in [1.807, 2.05) is 54.6 Å². The van der Waals surface area contributed by atoms with Gasteiger partial charge in [0, 0.05) is 25.8 Å². The number of hydrogen-bond acceptors (Lipinski definition) is 3. The van der Waals surface area contributed by atoms with Crippen LogP contribution in [0.1, 0.15) is 15.9 Å². The van der Waals surface area contributed by atoms with Crippen LogP contribution < -0.4 is 0 Å². The molecule has 0 unspecified atom stereocenters. The highest BCUT2D eigenvalue weighted by atomic mass is 32.2. The third kappa shape index (κ3) is 3.62. The molecule has 0 aliphatic carbocycles. The zero-order valence-corrected chi connectivity index (χ0v) is 13.5. The lowest BCUT2D eigenvalue weighted by molar-refractivity contribution is 0.103. The van der Waals surface area contributed by atoms with Crippen molar-refractivity contribution in [3.05, 3.63) is 90.0 Å². The molecule has 3 rings (SSSR count). The highest BCUT2D eigenvalue weighted by Gasteiger charge is 2.08. The fourth-order valence-electron chi connectivity index (χ4n) is 2.08. The van der Waals surface area contributed by atoms with Crippen LogP contribution in [0.4, 0.5) is 0 Å². The maximum Gasteiger partial charge on any atom is 0.193 e. The second kappa shape index (κ2) is 6.86. The smallest absolute Gasteiger partial charge is 0.193 e. The molecule has 0 bridgehead atoms. The number of carbonyl (C=O) groups is 1. The molecule has 0 aromatic heterocycles. The van der Waals surface area contributed by atoms with Gasteiger partial charge in [-0.25, -0.2) is 0 Å². The van der Waals surface area contributed by atoms with Gasteiger partial charge < -0.3 is 0 Å². The van der Waals surface area contributed by atoms with Crippen LogP contribution in [0.2, 0.25) is 0 Å². The fraction of sp³-hybridized carbons (Fsp3) is 0. The van der Waals surface area contributed by atoms with Gasteiger partial charge in [0.2, 0.25) is 0 Å². The number of rotatable bonds is 4. The van der Waals surface area contributed by atoms with Crippen LogP contribution in [-0.4, -0.2) is 5.78 Å². The second-order valence-corrected chi connectivity index (χ2v) is 6.48. The summed E-state index contributed by atoms with van der Waals surface area (Å²) in [6.07, 6.45) is 0. The van der Waals surface area contributed by atoms with Crippen molar-refractivity contribution in [1.82, 2.24) is 0 Å². The van der Waals surface area contributed by atoms with E-state index >= 15 is 0 Å². The molecule has 0 aliphatic heterocycles. The third-order valence-corrected chi connectivity index (χ3v) is 4.54. The number of benzene rings is 3. The zero-order chi connectivity index (χ0) is 15.4. The average Bonchev–Trinajstić information content (AvgIpc) is 2.57. The minimum Gasteiger partial charge on any atom is -0.289 e. The summed E-state index contributed by atoms with van der Waals surface area (Å²) in [6, 6.07) is 25.2. The summed E-state index contributed by atoms with van der Waals surface area (Å²) in [6.45, 7) is 0. The minimum absolute atomic E-state index is 0.0320. The van der Waals surface area contributed by atoms with Crippen molar-refractivity contribution in [3.63, 3.8) is 0 Å². The van der Waals surface area contributed by atoms with E-state index in [0.29, 0.717) is 11.1 Å². The predicted octanol–water partition coefficient (Wildman–Crippen LogP) is 5.36. The fourth-order valence-corrected chi connectivity index (χ4v) is 3.07. The zero-order valence-electron chi connectivity index (χ0n) is 11.8. The Labute approximate surface area is 139 Å². The molecule has 0 heterocycles. The molecular formula is C19H14OS2. The van der Waals surface area contributed by atoms with E-state index in [1.54, 1.807) is 23.9 Å². The van der Waals surface area contributed by atoms with E-state index < -0.39 is 0 Å². The van der Waals surface area contributed by atoms with E-state index in [4.69, 9.17) is 0 Å². The van der Waals surface area contributed by atoms with E-state index in [2.05, 4.69) is 24.8 Å². The molecule has 0 amide bonds. The van der Waals surface area contributed by atoms with E-state index in [0.717, 1.165) is 9.79 Å². The molecule has 3 aromatic carbocycles.